The summed E-state index contributed by atoms with van der Waals surface area (Å²) in [7, 11) is 1.67. The predicted octanol–water partition coefficient (Wildman–Crippen LogP) is 2.89. The van der Waals surface area contributed by atoms with Gasteiger partial charge in [0.2, 0.25) is 0 Å². The molecule has 1 aromatic carbocycles. The van der Waals surface area contributed by atoms with Crippen LogP contribution in [0.4, 0.5) is 9.93 Å². The van der Waals surface area contributed by atoms with Crippen molar-refractivity contribution < 1.29 is 14.3 Å². The Morgan fingerprint density at radius 3 is 2.70 bits per heavy atom. The Morgan fingerprint density at radius 2 is 2.04 bits per heavy atom. The van der Waals surface area contributed by atoms with E-state index in [-0.39, 0.29) is 6.09 Å². The number of nitrogens with zero attached hydrogens (tertiary/aromatic N) is 3. The molecule has 0 N–H and O–H groups in total. The molecule has 0 bridgehead atoms. The molecular weight excluding hydrogens is 314 g/mol. The second-order valence-corrected chi connectivity index (χ2v) is 6.41. The van der Waals surface area contributed by atoms with Crippen LogP contribution in [-0.4, -0.2) is 55.9 Å². The minimum Gasteiger partial charge on any atom is -0.494 e. The van der Waals surface area contributed by atoms with Crippen molar-refractivity contribution in [2.75, 3.05) is 44.8 Å². The van der Waals surface area contributed by atoms with Gasteiger partial charge in [0.05, 0.1) is 18.4 Å². The van der Waals surface area contributed by atoms with Crippen LogP contribution in [0.1, 0.15) is 12.5 Å². The van der Waals surface area contributed by atoms with Gasteiger partial charge in [-0.05, 0) is 25.5 Å². The molecule has 6 nitrogen and oxygen atoms in total. The summed E-state index contributed by atoms with van der Waals surface area (Å²) < 4.78 is 11.6. The van der Waals surface area contributed by atoms with Crippen molar-refractivity contribution in [3.8, 4) is 5.75 Å². The first-order valence-electron chi connectivity index (χ1n) is 7.74. The van der Waals surface area contributed by atoms with Gasteiger partial charge in [0.25, 0.3) is 0 Å². The normalized spacial score (nSPS) is 15.1. The van der Waals surface area contributed by atoms with Gasteiger partial charge in [-0.3, -0.25) is 0 Å². The second-order valence-electron chi connectivity index (χ2n) is 5.43. The number of anilines is 1. The number of aryl methyl sites for hydroxylation is 1. The van der Waals surface area contributed by atoms with Gasteiger partial charge in [-0.2, -0.15) is 0 Å². The molecule has 23 heavy (non-hydrogen) atoms. The van der Waals surface area contributed by atoms with Crippen molar-refractivity contribution in [3.63, 3.8) is 0 Å². The first-order valence-corrected chi connectivity index (χ1v) is 8.56. The Balaban J connectivity index is 1.77. The highest BCUT2D eigenvalue weighted by atomic mass is 32.1. The lowest BCUT2D eigenvalue weighted by Crippen LogP contribution is -2.48. The van der Waals surface area contributed by atoms with Crippen LogP contribution in [0.5, 0.6) is 5.75 Å². The molecule has 1 aromatic heterocycles. The van der Waals surface area contributed by atoms with Crippen LogP contribution in [-0.2, 0) is 4.74 Å². The minimum atomic E-state index is -0.228. The fourth-order valence-corrected chi connectivity index (χ4v) is 3.80. The number of thiazole rings is 1. The third-order valence-electron chi connectivity index (χ3n) is 3.99. The van der Waals surface area contributed by atoms with Crippen molar-refractivity contribution in [2.24, 2.45) is 0 Å². The fraction of sp³-hybridized carbons (Fsp3) is 0.500. The summed E-state index contributed by atoms with van der Waals surface area (Å²) in [6.45, 7) is 7.17. The Hall–Kier alpha value is -2.02. The van der Waals surface area contributed by atoms with Crippen LogP contribution in [0.15, 0.2) is 12.1 Å². The average molecular weight is 335 g/mol. The molecule has 0 unspecified atom stereocenters. The number of carbonyl (C=O) groups excluding carboxylic acids is 1. The lowest BCUT2D eigenvalue weighted by Gasteiger charge is -2.33. The summed E-state index contributed by atoms with van der Waals surface area (Å²) in [4.78, 5) is 20.5. The zero-order chi connectivity index (χ0) is 16.4. The fourth-order valence-electron chi connectivity index (χ4n) is 2.69. The molecule has 1 amide bonds. The van der Waals surface area contributed by atoms with Crippen molar-refractivity contribution in [2.45, 2.75) is 13.8 Å². The number of fused-ring (bicyclic) bond motifs is 1. The van der Waals surface area contributed by atoms with Crippen molar-refractivity contribution in [1.29, 1.82) is 0 Å². The van der Waals surface area contributed by atoms with Crippen LogP contribution in [0.3, 0.4) is 0 Å². The number of hydrogen-bond acceptors (Lipinski definition) is 6. The van der Waals surface area contributed by atoms with Gasteiger partial charge in [-0.1, -0.05) is 17.4 Å². The van der Waals surface area contributed by atoms with E-state index in [2.05, 4.69) is 17.9 Å². The minimum absolute atomic E-state index is 0.228. The topological polar surface area (TPSA) is 54.9 Å². The molecule has 7 heteroatoms. The van der Waals surface area contributed by atoms with E-state index in [0.717, 1.165) is 34.2 Å². The molecule has 0 aliphatic carbocycles. The Bertz CT molecular complexity index is 708. The van der Waals surface area contributed by atoms with E-state index < -0.39 is 0 Å². The Kier molecular flexibility index (Phi) is 4.56. The molecule has 1 aliphatic heterocycles. The monoisotopic (exact) mass is 335 g/mol. The zero-order valence-corrected chi connectivity index (χ0v) is 14.5. The number of methoxy groups -OCH3 is 1. The number of amides is 1. The number of hydrogen-bond donors (Lipinski definition) is 0. The first kappa shape index (κ1) is 15.9. The predicted molar refractivity (Wildman–Crippen MR) is 91.7 cm³/mol. The largest absolute Gasteiger partial charge is 0.494 e. The molecular formula is C16H21N3O3S. The number of rotatable bonds is 3. The molecule has 1 saturated heterocycles. The number of ether oxygens (including phenoxy) is 2. The maximum atomic E-state index is 11.8. The number of aromatic nitrogens is 1. The third kappa shape index (κ3) is 3.06. The summed E-state index contributed by atoms with van der Waals surface area (Å²) in [5.74, 6) is 0.804. The van der Waals surface area contributed by atoms with Crippen LogP contribution in [0.25, 0.3) is 10.2 Å². The standard InChI is InChI=1S/C16H21N3O3S/c1-4-22-16(20)19-9-7-18(8-10-19)15-17-13-12(21-3)6-5-11(2)14(13)23-15/h5-6H,4,7-10H2,1-3H3. The van der Waals surface area contributed by atoms with Gasteiger partial charge in [0.1, 0.15) is 11.3 Å². The van der Waals surface area contributed by atoms with Crippen LogP contribution in [0, 0.1) is 6.92 Å². The molecule has 2 heterocycles. The van der Waals surface area contributed by atoms with Crippen LogP contribution in [0.2, 0.25) is 0 Å². The highest BCUT2D eigenvalue weighted by Crippen LogP contribution is 2.36. The summed E-state index contributed by atoms with van der Waals surface area (Å²) in [6.07, 6.45) is -0.228. The number of benzene rings is 1. The summed E-state index contributed by atoms with van der Waals surface area (Å²) in [5, 5.41) is 0.983. The van der Waals surface area contributed by atoms with Crippen molar-refractivity contribution in [1.82, 2.24) is 9.88 Å². The van der Waals surface area contributed by atoms with Crippen LogP contribution >= 0.6 is 11.3 Å². The smallest absolute Gasteiger partial charge is 0.409 e. The molecule has 3 rings (SSSR count). The van der Waals surface area contributed by atoms with Gasteiger partial charge in [-0.25, -0.2) is 9.78 Å². The average Bonchev–Trinajstić information content (AvgIpc) is 3.02. The molecule has 2 aromatic rings. The molecule has 0 spiro atoms. The molecule has 1 aliphatic rings. The van der Waals surface area contributed by atoms with Crippen molar-refractivity contribution in [3.05, 3.63) is 17.7 Å². The first-order chi connectivity index (χ1) is 11.1. The maximum Gasteiger partial charge on any atom is 0.409 e. The van der Waals surface area contributed by atoms with E-state index in [1.54, 1.807) is 23.3 Å². The molecule has 0 radical (unpaired) electrons. The highest BCUT2D eigenvalue weighted by molar-refractivity contribution is 7.22. The summed E-state index contributed by atoms with van der Waals surface area (Å²) in [5.41, 5.74) is 2.12. The SMILES string of the molecule is CCOC(=O)N1CCN(c2nc3c(OC)ccc(C)c3s2)CC1. The number of piperazine rings is 1. The van der Waals surface area contributed by atoms with Gasteiger partial charge >= 0.3 is 6.09 Å². The van der Waals surface area contributed by atoms with E-state index in [1.807, 2.05) is 13.0 Å². The second kappa shape index (κ2) is 6.62. The van der Waals surface area contributed by atoms with E-state index in [1.165, 1.54) is 5.56 Å². The summed E-state index contributed by atoms with van der Waals surface area (Å²) in [6, 6.07) is 4.02. The Labute approximate surface area is 139 Å². The van der Waals surface area contributed by atoms with E-state index in [4.69, 9.17) is 14.5 Å². The molecule has 0 saturated carbocycles. The maximum absolute atomic E-state index is 11.8. The quantitative estimate of drug-likeness (QED) is 0.863. The molecule has 0 atom stereocenters. The van der Waals surface area contributed by atoms with E-state index in [0.29, 0.717) is 19.7 Å². The number of carbonyl (C=O) groups is 1. The highest BCUT2D eigenvalue weighted by Gasteiger charge is 2.24. The van der Waals surface area contributed by atoms with Crippen molar-refractivity contribution >= 4 is 32.8 Å². The van der Waals surface area contributed by atoms with E-state index in [9.17, 15) is 4.79 Å². The zero-order valence-electron chi connectivity index (χ0n) is 13.7. The van der Waals surface area contributed by atoms with Crippen LogP contribution < -0.4 is 9.64 Å². The van der Waals surface area contributed by atoms with E-state index >= 15 is 0 Å². The van der Waals surface area contributed by atoms with Gasteiger partial charge in [0, 0.05) is 26.2 Å². The lowest BCUT2D eigenvalue weighted by molar-refractivity contribution is 0.105. The van der Waals surface area contributed by atoms with Gasteiger partial charge in [-0.15, -0.1) is 0 Å². The Morgan fingerprint density at radius 1 is 1.30 bits per heavy atom. The van der Waals surface area contributed by atoms with Gasteiger partial charge in [0.15, 0.2) is 5.13 Å². The van der Waals surface area contributed by atoms with Gasteiger partial charge < -0.3 is 19.3 Å². The summed E-state index contributed by atoms with van der Waals surface area (Å²) >= 11 is 1.68. The molecule has 124 valence electrons. The molecule has 1 fully saturated rings. The lowest BCUT2D eigenvalue weighted by atomic mass is 10.2. The third-order valence-corrected chi connectivity index (χ3v) is 5.24.